The molecule has 0 unspecified atom stereocenters. The summed E-state index contributed by atoms with van der Waals surface area (Å²) in [6.45, 7) is 6.62. The number of benzene rings is 2. The monoisotopic (exact) mass is 453 g/mol. The fourth-order valence-corrected chi connectivity index (χ4v) is 4.55. The predicted octanol–water partition coefficient (Wildman–Crippen LogP) is 5.19. The standard InChI is InChI=1S/C24H25Cl2N5/c1-2-24-28-9-10-30(24)13-11-29-12-14-31(22-8-7-21(26)15-19(22)16-27)23(17-29)18-3-5-20(25)6-4-18/h3-10,15,23H,2,11-14,17H2,1H3/t23-/m0/s1. The third-order valence-electron chi connectivity index (χ3n) is 5.88. The van der Waals surface area contributed by atoms with E-state index in [1.807, 2.05) is 30.5 Å². The van der Waals surface area contributed by atoms with Crippen LogP contribution in [0.1, 0.15) is 29.9 Å². The molecule has 5 nitrogen and oxygen atoms in total. The fourth-order valence-electron chi connectivity index (χ4n) is 4.26. The van der Waals surface area contributed by atoms with Crippen LogP contribution < -0.4 is 4.90 Å². The van der Waals surface area contributed by atoms with Crippen LogP contribution in [-0.2, 0) is 13.0 Å². The minimum atomic E-state index is 0.118. The highest BCUT2D eigenvalue weighted by atomic mass is 35.5. The number of aromatic nitrogens is 2. The van der Waals surface area contributed by atoms with Crippen LogP contribution in [0.2, 0.25) is 10.0 Å². The third-order valence-corrected chi connectivity index (χ3v) is 6.37. The van der Waals surface area contributed by atoms with Gasteiger partial charge in [-0.25, -0.2) is 4.98 Å². The van der Waals surface area contributed by atoms with Crippen LogP contribution in [0.4, 0.5) is 5.69 Å². The zero-order chi connectivity index (χ0) is 21.8. The predicted molar refractivity (Wildman–Crippen MR) is 126 cm³/mol. The minimum Gasteiger partial charge on any atom is -0.361 e. The molecule has 0 aliphatic carbocycles. The van der Waals surface area contributed by atoms with Crippen molar-refractivity contribution in [2.24, 2.45) is 0 Å². The highest BCUT2D eigenvalue weighted by Crippen LogP contribution is 2.34. The Morgan fingerprint density at radius 2 is 1.84 bits per heavy atom. The first-order valence-electron chi connectivity index (χ1n) is 10.5. The number of anilines is 1. The second kappa shape index (κ2) is 9.74. The van der Waals surface area contributed by atoms with Gasteiger partial charge in [0.05, 0.1) is 17.3 Å². The Morgan fingerprint density at radius 1 is 1.06 bits per heavy atom. The van der Waals surface area contributed by atoms with Crippen molar-refractivity contribution in [3.8, 4) is 6.07 Å². The Balaban J connectivity index is 1.58. The molecule has 3 aromatic rings. The normalized spacial score (nSPS) is 17.0. The number of hydrogen-bond donors (Lipinski definition) is 0. The van der Waals surface area contributed by atoms with Gasteiger partial charge in [-0.15, -0.1) is 0 Å². The molecule has 160 valence electrons. The van der Waals surface area contributed by atoms with E-state index in [2.05, 4.69) is 50.7 Å². The molecule has 1 atom stereocenters. The smallest absolute Gasteiger partial charge is 0.108 e. The average molecular weight is 454 g/mol. The number of aryl methyl sites for hydroxylation is 1. The van der Waals surface area contributed by atoms with Crippen LogP contribution in [0.3, 0.4) is 0 Å². The third kappa shape index (κ3) is 4.88. The van der Waals surface area contributed by atoms with E-state index < -0.39 is 0 Å². The summed E-state index contributed by atoms with van der Waals surface area (Å²) in [5, 5.41) is 11.0. The molecule has 7 heteroatoms. The lowest BCUT2D eigenvalue weighted by Crippen LogP contribution is -2.49. The van der Waals surface area contributed by atoms with Gasteiger partial charge in [-0.1, -0.05) is 42.3 Å². The molecule has 1 aromatic heterocycles. The second-order valence-electron chi connectivity index (χ2n) is 7.73. The van der Waals surface area contributed by atoms with Crippen molar-refractivity contribution in [3.63, 3.8) is 0 Å². The molecule has 0 amide bonds. The van der Waals surface area contributed by atoms with E-state index in [1.165, 1.54) is 5.56 Å². The summed E-state index contributed by atoms with van der Waals surface area (Å²) in [6, 6.07) is 16.0. The van der Waals surface area contributed by atoms with Crippen molar-refractivity contribution in [1.29, 1.82) is 5.26 Å². The maximum atomic E-state index is 9.69. The van der Waals surface area contributed by atoms with Gasteiger partial charge >= 0.3 is 0 Å². The van der Waals surface area contributed by atoms with Gasteiger partial charge in [0.2, 0.25) is 0 Å². The first kappa shape index (κ1) is 21.7. The Morgan fingerprint density at radius 3 is 2.58 bits per heavy atom. The summed E-state index contributed by atoms with van der Waals surface area (Å²) >= 11 is 12.3. The van der Waals surface area contributed by atoms with Crippen molar-refractivity contribution in [3.05, 3.63) is 81.9 Å². The molecule has 0 spiro atoms. The molecule has 0 N–H and O–H groups in total. The van der Waals surface area contributed by atoms with Crippen molar-refractivity contribution >= 4 is 28.9 Å². The number of rotatable bonds is 6. The van der Waals surface area contributed by atoms with Crippen LogP contribution in [-0.4, -0.2) is 40.6 Å². The fraction of sp³-hybridized carbons (Fsp3) is 0.333. The molecule has 2 aromatic carbocycles. The number of imidazole rings is 1. The van der Waals surface area contributed by atoms with Gasteiger partial charge in [-0.05, 0) is 35.9 Å². The summed E-state index contributed by atoms with van der Waals surface area (Å²) < 4.78 is 2.23. The van der Waals surface area contributed by atoms with Gasteiger partial charge in [0.15, 0.2) is 0 Å². The van der Waals surface area contributed by atoms with Gasteiger partial charge in [-0.2, -0.15) is 5.26 Å². The molecular weight excluding hydrogens is 429 g/mol. The van der Waals surface area contributed by atoms with E-state index in [-0.39, 0.29) is 6.04 Å². The largest absolute Gasteiger partial charge is 0.361 e. The number of nitriles is 1. The Kier molecular flexibility index (Phi) is 6.82. The van der Waals surface area contributed by atoms with Gasteiger partial charge in [0.1, 0.15) is 11.9 Å². The molecule has 1 aliphatic rings. The summed E-state index contributed by atoms with van der Waals surface area (Å²) in [5.41, 5.74) is 2.71. The van der Waals surface area contributed by atoms with Crippen LogP contribution in [0.25, 0.3) is 0 Å². The molecular formula is C24H25Cl2N5. The number of piperazine rings is 1. The molecule has 0 radical (unpaired) electrons. The topological polar surface area (TPSA) is 48.1 Å². The maximum absolute atomic E-state index is 9.69. The first-order valence-corrected chi connectivity index (χ1v) is 11.3. The van der Waals surface area contributed by atoms with Crippen molar-refractivity contribution < 1.29 is 0 Å². The number of halogens is 2. The quantitative estimate of drug-likeness (QED) is 0.515. The van der Waals surface area contributed by atoms with Gasteiger partial charge < -0.3 is 9.47 Å². The zero-order valence-corrected chi connectivity index (χ0v) is 19.0. The van der Waals surface area contributed by atoms with Crippen LogP contribution >= 0.6 is 23.2 Å². The SMILES string of the molecule is CCc1nccn1CCN1CCN(c2ccc(Cl)cc2C#N)[C@H](c2ccc(Cl)cc2)C1. The summed E-state index contributed by atoms with van der Waals surface area (Å²) in [6.07, 6.45) is 4.86. The lowest BCUT2D eigenvalue weighted by atomic mass is 10.00. The molecule has 0 saturated carbocycles. The van der Waals surface area contributed by atoms with E-state index in [9.17, 15) is 5.26 Å². The van der Waals surface area contributed by atoms with E-state index in [1.54, 1.807) is 6.07 Å². The summed E-state index contributed by atoms with van der Waals surface area (Å²) in [7, 11) is 0. The Labute approximate surface area is 193 Å². The maximum Gasteiger partial charge on any atom is 0.108 e. The lowest BCUT2D eigenvalue weighted by molar-refractivity contribution is 0.215. The second-order valence-corrected chi connectivity index (χ2v) is 8.60. The van der Waals surface area contributed by atoms with Crippen LogP contribution in [0.5, 0.6) is 0 Å². The van der Waals surface area contributed by atoms with Crippen molar-refractivity contribution in [1.82, 2.24) is 14.5 Å². The highest BCUT2D eigenvalue weighted by molar-refractivity contribution is 6.31. The molecule has 2 heterocycles. The Bertz CT molecular complexity index is 1070. The molecule has 1 fully saturated rings. The molecule has 1 aliphatic heterocycles. The molecule has 31 heavy (non-hydrogen) atoms. The molecule has 1 saturated heterocycles. The van der Waals surface area contributed by atoms with Crippen molar-refractivity contribution in [2.45, 2.75) is 25.9 Å². The van der Waals surface area contributed by atoms with E-state index in [4.69, 9.17) is 23.2 Å². The van der Waals surface area contributed by atoms with Gasteiger partial charge in [0, 0.05) is 61.6 Å². The Hall–Kier alpha value is -2.52. The van der Waals surface area contributed by atoms with Crippen molar-refractivity contribution in [2.75, 3.05) is 31.1 Å². The van der Waals surface area contributed by atoms with Crippen LogP contribution in [0.15, 0.2) is 54.9 Å². The zero-order valence-electron chi connectivity index (χ0n) is 17.5. The van der Waals surface area contributed by atoms with E-state index in [0.29, 0.717) is 10.6 Å². The first-order chi connectivity index (χ1) is 15.1. The molecule has 0 bridgehead atoms. The summed E-state index contributed by atoms with van der Waals surface area (Å²) in [5.74, 6) is 1.12. The number of hydrogen-bond acceptors (Lipinski definition) is 4. The van der Waals surface area contributed by atoms with E-state index in [0.717, 1.165) is 55.7 Å². The van der Waals surface area contributed by atoms with E-state index >= 15 is 0 Å². The highest BCUT2D eigenvalue weighted by Gasteiger charge is 2.30. The minimum absolute atomic E-state index is 0.118. The number of nitrogens with zero attached hydrogens (tertiary/aromatic N) is 5. The lowest BCUT2D eigenvalue weighted by Gasteiger charge is -2.43. The average Bonchev–Trinajstić information content (AvgIpc) is 3.26. The van der Waals surface area contributed by atoms with Gasteiger partial charge in [-0.3, -0.25) is 4.90 Å². The summed E-state index contributed by atoms with van der Waals surface area (Å²) in [4.78, 5) is 9.24. The van der Waals surface area contributed by atoms with Gasteiger partial charge in [0.25, 0.3) is 0 Å². The van der Waals surface area contributed by atoms with Crippen LogP contribution in [0, 0.1) is 11.3 Å². The molecule has 4 rings (SSSR count).